The molecule has 0 spiro atoms. The van der Waals surface area contributed by atoms with Crippen molar-refractivity contribution in [3.8, 4) is 5.75 Å². The fourth-order valence-electron chi connectivity index (χ4n) is 2.29. The van der Waals surface area contributed by atoms with E-state index in [1.54, 1.807) is 7.11 Å². The lowest BCUT2D eigenvalue weighted by Gasteiger charge is -2.20. The largest absolute Gasteiger partial charge is 0.497 e. The number of aromatic nitrogens is 1. The van der Waals surface area contributed by atoms with Crippen LogP contribution in [0, 0.1) is 0 Å². The Bertz CT molecular complexity index is 574. The van der Waals surface area contributed by atoms with Gasteiger partial charge >= 0.3 is 0 Å². The maximum Gasteiger partial charge on any atom is 0.119 e. The minimum atomic E-state index is 0.260. The predicted octanol–water partition coefficient (Wildman–Crippen LogP) is 4.14. The highest BCUT2D eigenvalue weighted by molar-refractivity contribution is 9.10. The summed E-state index contributed by atoms with van der Waals surface area (Å²) >= 11 is 3.48. The standard InChI is InChI=1S/C17H21BrN2O/c1-3-7-20-17(9-13-8-15(18)12-19-11-13)14-5-4-6-16(10-14)21-2/h4-6,8,10-12,17,20H,3,7,9H2,1-2H3. The number of nitrogens with zero attached hydrogens (tertiary/aromatic N) is 1. The molecule has 0 bridgehead atoms. The molecule has 1 atom stereocenters. The van der Waals surface area contributed by atoms with Crippen LogP contribution >= 0.6 is 15.9 Å². The summed E-state index contributed by atoms with van der Waals surface area (Å²) in [4.78, 5) is 4.25. The Hall–Kier alpha value is -1.39. The van der Waals surface area contributed by atoms with E-state index in [2.05, 4.69) is 51.4 Å². The van der Waals surface area contributed by atoms with Gasteiger partial charge in [0.2, 0.25) is 0 Å². The minimum Gasteiger partial charge on any atom is -0.497 e. The summed E-state index contributed by atoms with van der Waals surface area (Å²) in [6.07, 6.45) is 5.74. The molecule has 1 unspecified atom stereocenters. The van der Waals surface area contributed by atoms with Crippen molar-refractivity contribution in [2.24, 2.45) is 0 Å². The Labute approximate surface area is 134 Å². The average molecular weight is 349 g/mol. The van der Waals surface area contributed by atoms with Crippen molar-refractivity contribution in [1.29, 1.82) is 0 Å². The molecule has 4 heteroatoms. The Kier molecular flexibility index (Phi) is 6.21. The maximum absolute atomic E-state index is 5.33. The summed E-state index contributed by atoms with van der Waals surface area (Å²) in [5.74, 6) is 0.892. The van der Waals surface area contributed by atoms with Gasteiger partial charge in [0.15, 0.2) is 0 Å². The smallest absolute Gasteiger partial charge is 0.119 e. The first-order valence-electron chi connectivity index (χ1n) is 7.19. The molecule has 3 nitrogen and oxygen atoms in total. The number of rotatable bonds is 7. The van der Waals surface area contributed by atoms with Crippen molar-refractivity contribution >= 4 is 15.9 Å². The molecule has 0 aliphatic heterocycles. The number of hydrogen-bond acceptors (Lipinski definition) is 3. The minimum absolute atomic E-state index is 0.260. The molecule has 21 heavy (non-hydrogen) atoms. The molecule has 0 saturated carbocycles. The molecule has 1 N–H and O–H groups in total. The van der Waals surface area contributed by atoms with E-state index < -0.39 is 0 Å². The van der Waals surface area contributed by atoms with Crippen LogP contribution in [0.25, 0.3) is 0 Å². The van der Waals surface area contributed by atoms with Gasteiger partial charge in [-0.3, -0.25) is 4.98 Å². The highest BCUT2D eigenvalue weighted by atomic mass is 79.9. The predicted molar refractivity (Wildman–Crippen MR) is 89.7 cm³/mol. The topological polar surface area (TPSA) is 34.2 Å². The number of hydrogen-bond donors (Lipinski definition) is 1. The van der Waals surface area contributed by atoms with E-state index in [4.69, 9.17) is 4.74 Å². The second kappa shape index (κ2) is 8.15. The molecule has 1 aromatic heterocycles. The Morgan fingerprint density at radius 3 is 2.86 bits per heavy atom. The molecule has 0 radical (unpaired) electrons. The first-order valence-corrected chi connectivity index (χ1v) is 7.99. The molecule has 0 saturated heterocycles. The maximum atomic E-state index is 5.33. The van der Waals surface area contributed by atoms with E-state index in [9.17, 15) is 0 Å². The van der Waals surface area contributed by atoms with Crippen molar-refractivity contribution in [3.05, 3.63) is 58.3 Å². The molecule has 2 rings (SSSR count). The zero-order valence-corrected chi connectivity index (χ0v) is 14.1. The molecule has 1 aromatic carbocycles. The fraction of sp³-hybridized carbons (Fsp3) is 0.353. The van der Waals surface area contributed by atoms with Crippen molar-refractivity contribution in [2.45, 2.75) is 25.8 Å². The van der Waals surface area contributed by atoms with Gasteiger partial charge in [-0.2, -0.15) is 0 Å². The second-order valence-electron chi connectivity index (χ2n) is 5.00. The number of pyridine rings is 1. The first kappa shape index (κ1) is 16.0. The van der Waals surface area contributed by atoms with Crippen LogP contribution in [0.15, 0.2) is 47.2 Å². The molecule has 2 aromatic rings. The van der Waals surface area contributed by atoms with Crippen molar-refractivity contribution in [2.75, 3.05) is 13.7 Å². The van der Waals surface area contributed by atoms with E-state index in [0.717, 1.165) is 29.6 Å². The van der Waals surface area contributed by atoms with Gasteiger partial charge in [0, 0.05) is 22.9 Å². The number of nitrogens with one attached hydrogen (secondary N) is 1. The third kappa shape index (κ3) is 4.83. The van der Waals surface area contributed by atoms with Crippen molar-refractivity contribution in [3.63, 3.8) is 0 Å². The SMILES string of the molecule is CCCNC(Cc1cncc(Br)c1)c1cccc(OC)c1. The van der Waals surface area contributed by atoms with Gasteiger partial charge in [0.1, 0.15) is 5.75 Å². The number of methoxy groups -OCH3 is 1. The monoisotopic (exact) mass is 348 g/mol. The van der Waals surface area contributed by atoms with Crippen LogP contribution in [-0.4, -0.2) is 18.6 Å². The first-order chi connectivity index (χ1) is 10.2. The zero-order chi connectivity index (χ0) is 15.1. The third-order valence-corrected chi connectivity index (χ3v) is 3.77. The number of benzene rings is 1. The van der Waals surface area contributed by atoms with Gasteiger partial charge in [0.05, 0.1) is 7.11 Å². The lowest BCUT2D eigenvalue weighted by molar-refractivity contribution is 0.412. The number of ether oxygens (including phenoxy) is 1. The Morgan fingerprint density at radius 1 is 1.29 bits per heavy atom. The summed E-state index contributed by atoms with van der Waals surface area (Å²) < 4.78 is 6.34. The molecular weight excluding hydrogens is 328 g/mol. The van der Waals surface area contributed by atoms with Gasteiger partial charge in [-0.05, 0) is 64.6 Å². The van der Waals surface area contributed by atoms with Crippen molar-refractivity contribution < 1.29 is 4.74 Å². The third-order valence-electron chi connectivity index (χ3n) is 3.34. The molecular formula is C17H21BrN2O. The van der Waals surface area contributed by atoms with E-state index >= 15 is 0 Å². The summed E-state index contributed by atoms with van der Waals surface area (Å²) in [6, 6.07) is 10.6. The van der Waals surface area contributed by atoms with E-state index in [0.29, 0.717) is 0 Å². The number of halogens is 1. The van der Waals surface area contributed by atoms with Crippen LogP contribution in [0.1, 0.15) is 30.5 Å². The molecule has 1 heterocycles. The molecule has 0 aliphatic carbocycles. The summed E-state index contributed by atoms with van der Waals surface area (Å²) in [6.45, 7) is 3.17. The van der Waals surface area contributed by atoms with Gasteiger partial charge in [-0.1, -0.05) is 19.1 Å². The normalized spacial score (nSPS) is 12.1. The van der Waals surface area contributed by atoms with Gasteiger partial charge < -0.3 is 10.1 Å². The van der Waals surface area contributed by atoms with Gasteiger partial charge in [-0.15, -0.1) is 0 Å². The van der Waals surface area contributed by atoms with E-state index in [1.165, 1.54) is 11.1 Å². The molecule has 0 amide bonds. The van der Waals surface area contributed by atoms with Crippen LogP contribution in [0.4, 0.5) is 0 Å². The van der Waals surface area contributed by atoms with Crippen LogP contribution in [-0.2, 0) is 6.42 Å². The molecule has 0 aliphatic rings. The highest BCUT2D eigenvalue weighted by Gasteiger charge is 2.12. The zero-order valence-electron chi connectivity index (χ0n) is 12.5. The van der Waals surface area contributed by atoms with Crippen LogP contribution in [0.2, 0.25) is 0 Å². The Balaban J connectivity index is 2.20. The van der Waals surface area contributed by atoms with E-state index in [1.807, 2.05) is 24.5 Å². The lowest BCUT2D eigenvalue weighted by atomic mass is 9.99. The fourth-order valence-corrected chi connectivity index (χ4v) is 2.70. The van der Waals surface area contributed by atoms with Crippen LogP contribution < -0.4 is 10.1 Å². The average Bonchev–Trinajstić information content (AvgIpc) is 2.51. The van der Waals surface area contributed by atoms with E-state index in [-0.39, 0.29) is 6.04 Å². The Morgan fingerprint density at radius 2 is 2.14 bits per heavy atom. The van der Waals surface area contributed by atoms with Gasteiger partial charge in [-0.25, -0.2) is 0 Å². The summed E-state index contributed by atoms with van der Waals surface area (Å²) in [5.41, 5.74) is 2.45. The quantitative estimate of drug-likeness (QED) is 0.816. The van der Waals surface area contributed by atoms with Crippen LogP contribution in [0.5, 0.6) is 5.75 Å². The van der Waals surface area contributed by atoms with Crippen LogP contribution in [0.3, 0.4) is 0 Å². The summed E-state index contributed by atoms with van der Waals surface area (Å²) in [5, 5.41) is 3.61. The van der Waals surface area contributed by atoms with Gasteiger partial charge in [0.25, 0.3) is 0 Å². The van der Waals surface area contributed by atoms with Crippen molar-refractivity contribution in [1.82, 2.24) is 10.3 Å². The lowest BCUT2D eigenvalue weighted by Crippen LogP contribution is -2.24. The molecule has 0 fully saturated rings. The highest BCUT2D eigenvalue weighted by Crippen LogP contribution is 2.23. The molecule has 112 valence electrons. The second-order valence-corrected chi connectivity index (χ2v) is 5.91. The summed E-state index contributed by atoms with van der Waals surface area (Å²) in [7, 11) is 1.70.